The summed E-state index contributed by atoms with van der Waals surface area (Å²) in [6, 6.07) is 11.3. The average Bonchev–Trinajstić information content (AvgIpc) is 2.67. The summed E-state index contributed by atoms with van der Waals surface area (Å²) in [7, 11) is 0. The van der Waals surface area contributed by atoms with Gasteiger partial charge in [0.05, 0.1) is 16.3 Å². The molecule has 0 aliphatic heterocycles. The summed E-state index contributed by atoms with van der Waals surface area (Å²) in [5, 5.41) is 6.95. The molecule has 2 N–H and O–H groups in total. The first kappa shape index (κ1) is 18.5. The number of allylic oxidation sites excluding steroid dienone is 1. The molecule has 0 atom stereocenters. The smallest absolute Gasteiger partial charge is 0.321 e. The van der Waals surface area contributed by atoms with E-state index in [1.807, 2.05) is 36.4 Å². The molecule has 0 fully saturated rings. The van der Waals surface area contributed by atoms with Crippen molar-refractivity contribution in [2.75, 3.05) is 12.3 Å². The lowest BCUT2D eigenvalue weighted by Crippen LogP contribution is -2.40. The number of nitrogens with one attached hydrogen (secondary N) is 2. The van der Waals surface area contributed by atoms with Gasteiger partial charge in [0.15, 0.2) is 0 Å². The molecule has 0 saturated heterocycles. The lowest BCUT2D eigenvalue weighted by Gasteiger charge is -2.13. The minimum Gasteiger partial charge on any atom is -0.337 e. The van der Waals surface area contributed by atoms with Crippen LogP contribution in [0.4, 0.5) is 4.79 Å². The summed E-state index contributed by atoms with van der Waals surface area (Å²) < 4.78 is 0. The molecule has 6 heteroatoms. The van der Waals surface area contributed by atoms with Crippen LogP contribution in [-0.2, 0) is 4.79 Å². The van der Waals surface area contributed by atoms with Gasteiger partial charge in [-0.3, -0.25) is 10.1 Å². The second-order valence-corrected chi connectivity index (χ2v) is 7.29. The Labute approximate surface area is 157 Å². The number of imide groups is 1. The summed E-state index contributed by atoms with van der Waals surface area (Å²) in [6.45, 7) is 0.560. The van der Waals surface area contributed by atoms with Crippen LogP contribution in [0.5, 0.6) is 0 Å². The Morgan fingerprint density at radius 2 is 2.00 bits per heavy atom. The Hall–Kier alpha value is -2.34. The molecule has 1 aromatic carbocycles. The highest BCUT2D eigenvalue weighted by Gasteiger charge is 2.09. The van der Waals surface area contributed by atoms with Crippen molar-refractivity contribution in [1.29, 1.82) is 0 Å². The van der Waals surface area contributed by atoms with Crippen molar-refractivity contribution in [1.82, 2.24) is 15.6 Å². The number of para-hydroxylation sites is 1. The molecule has 1 heterocycles. The van der Waals surface area contributed by atoms with Gasteiger partial charge in [-0.15, -0.1) is 0 Å². The summed E-state index contributed by atoms with van der Waals surface area (Å²) in [5.41, 5.74) is 2.30. The number of amides is 3. The maximum atomic E-state index is 11.9. The number of rotatable bonds is 6. The number of urea groups is 1. The fraction of sp³-hybridized carbons (Fsp3) is 0.350. The van der Waals surface area contributed by atoms with Gasteiger partial charge in [-0.05, 0) is 44.2 Å². The number of nitrogens with zero attached hydrogens (tertiary/aromatic N) is 1. The normalized spacial score (nSPS) is 13.9. The van der Waals surface area contributed by atoms with Crippen LogP contribution in [0.25, 0.3) is 10.9 Å². The lowest BCUT2D eigenvalue weighted by atomic mass is 9.97. The van der Waals surface area contributed by atoms with Crippen LogP contribution < -0.4 is 10.6 Å². The monoisotopic (exact) mass is 369 g/mol. The molecule has 0 bridgehead atoms. The first-order chi connectivity index (χ1) is 12.7. The molecule has 0 spiro atoms. The Balaban J connectivity index is 1.38. The molecule has 0 radical (unpaired) electrons. The second-order valence-electron chi connectivity index (χ2n) is 6.29. The zero-order chi connectivity index (χ0) is 18.2. The molecule has 3 amide bonds. The van der Waals surface area contributed by atoms with Gasteiger partial charge in [0, 0.05) is 11.9 Å². The maximum absolute atomic E-state index is 11.9. The number of thioether (sulfide) groups is 1. The number of hydrogen-bond acceptors (Lipinski definition) is 4. The highest BCUT2D eigenvalue weighted by Crippen LogP contribution is 2.20. The van der Waals surface area contributed by atoms with Gasteiger partial charge < -0.3 is 5.32 Å². The van der Waals surface area contributed by atoms with E-state index in [9.17, 15) is 9.59 Å². The Kier molecular flexibility index (Phi) is 6.66. The van der Waals surface area contributed by atoms with Crippen molar-refractivity contribution in [3.63, 3.8) is 0 Å². The van der Waals surface area contributed by atoms with E-state index in [-0.39, 0.29) is 11.7 Å². The number of aromatic nitrogens is 1. The first-order valence-electron chi connectivity index (χ1n) is 8.95. The molecule has 2 aromatic rings. The molecule has 1 aliphatic carbocycles. The van der Waals surface area contributed by atoms with Crippen molar-refractivity contribution in [3.8, 4) is 0 Å². The predicted octanol–water partition coefficient (Wildman–Crippen LogP) is 4.04. The average molecular weight is 369 g/mol. The van der Waals surface area contributed by atoms with Crippen molar-refractivity contribution >= 4 is 34.6 Å². The van der Waals surface area contributed by atoms with E-state index in [0.29, 0.717) is 6.54 Å². The third kappa shape index (κ3) is 5.59. The molecule has 1 aromatic heterocycles. The van der Waals surface area contributed by atoms with E-state index in [4.69, 9.17) is 0 Å². The van der Waals surface area contributed by atoms with Crippen LogP contribution in [0, 0.1) is 0 Å². The van der Waals surface area contributed by atoms with Gasteiger partial charge in [-0.25, -0.2) is 9.78 Å². The van der Waals surface area contributed by atoms with Crippen LogP contribution >= 0.6 is 11.8 Å². The quantitative estimate of drug-likeness (QED) is 0.595. The van der Waals surface area contributed by atoms with Crippen LogP contribution in [0.2, 0.25) is 0 Å². The highest BCUT2D eigenvalue weighted by atomic mass is 32.2. The highest BCUT2D eigenvalue weighted by molar-refractivity contribution is 7.99. The van der Waals surface area contributed by atoms with Gasteiger partial charge in [-0.1, -0.05) is 47.7 Å². The van der Waals surface area contributed by atoms with Gasteiger partial charge in [0.25, 0.3) is 0 Å². The van der Waals surface area contributed by atoms with Gasteiger partial charge >= 0.3 is 6.03 Å². The number of hydrogen-bond donors (Lipinski definition) is 2. The lowest BCUT2D eigenvalue weighted by molar-refractivity contribution is -0.117. The van der Waals surface area contributed by atoms with Crippen molar-refractivity contribution in [2.45, 2.75) is 37.1 Å². The number of carbonyl (C=O) groups is 2. The van der Waals surface area contributed by atoms with E-state index in [2.05, 4.69) is 21.7 Å². The first-order valence-corrected chi connectivity index (χ1v) is 9.93. The molecular formula is C20H23N3O2S. The number of fused-ring (bicyclic) bond motifs is 1. The third-order valence-corrected chi connectivity index (χ3v) is 5.22. The minimum atomic E-state index is -0.432. The summed E-state index contributed by atoms with van der Waals surface area (Å²) >= 11 is 1.32. The second kappa shape index (κ2) is 9.38. The third-order valence-electron chi connectivity index (χ3n) is 4.29. The zero-order valence-electron chi connectivity index (χ0n) is 14.7. The Morgan fingerprint density at radius 1 is 1.12 bits per heavy atom. The number of pyridine rings is 1. The van der Waals surface area contributed by atoms with Gasteiger partial charge in [0.1, 0.15) is 0 Å². The predicted molar refractivity (Wildman–Crippen MR) is 105 cm³/mol. The molecule has 5 nitrogen and oxygen atoms in total. The fourth-order valence-electron chi connectivity index (χ4n) is 2.94. The van der Waals surface area contributed by atoms with Gasteiger partial charge in [-0.2, -0.15) is 0 Å². The van der Waals surface area contributed by atoms with Crippen LogP contribution in [0.1, 0.15) is 32.1 Å². The maximum Gasteiger partial charge on any atom is 0.321 e. The molecular weight excluding hydrogens is 346 g/mol. The molecule has 136 valence electrons. The molecule has 1 aliphatic rings. The van der Waals surface area contributed by atoms with Crippen molar-refractivity contribution in [2.24, 2.45) is 0 Å². The van der Waals surface area contributed by atoms with Crippen molar-refractivity contribution in [3.05, 3.63) is 48.0 Å². The van der Waals surface area contributed by atoms with E-state index in [1.54, 1.807) is 0 Å². The summed E-state index contributed by atoms with van der Waals surface area (Å²) in [5.74, 6) is -0.163. The summed E-state index contributed by atoms with van der Waals surface area (Å²) in [4.78, 5) is 28.2. The molecule has 0 unspecified atom stereocenters. The van der Waals surface area contributed by atoms with Crippen LogP contribution in [0.3, 0.4) is 0 Å². The van der Waals surface area contributed by atoms with Gasteiger partial charge in [0.2, 0.25) is 5.91 Å². The topological polar surface area (TPSA) is 71.1 Å². The van der Waals surface area contributed by atoms with Crippen molar-refractivity contribution < 1.29 is 9.59 Å². The van der Waals surface area contributed by atoms with E-state index in [1.165, 1.54) is 30.2 Å². The van der Waals surface area contributed by atoms with Crippen LogP contribution in [-0.4, -0.2) is 29.2 Å². The van der Waals surface area contributed by atoms with Crippen LogP contribution in [0.15, 0.2) is 53.1 Å². The standard InChI is InChI=1S/C20H23N3O2S/c24-18(23-20(25)21-13-12-15-6-2-1-3-7-15)14-26-19-11-10-16-8-4-5-9-17(16)22-19/h4-6,8-11H,1-3,7,12-14H2,(H2,21,23,24,25). The minimum absolute atomic E-state index is 0.157. The van der Waals surface area contributed by atoms with E-state index in [0.717, 1.165) is 35.2 Å². The number of benzene rings is 1. The molecule has 0 saturated carbocycles. The Morgan fingerprint density at radius 3 is 2.85 bits per heavy atom. The SMILES string of the molecule is O=C(CSc1ccc2ccccc2n1)NC(=O)NCCC1=CCCCC1. The summed E-state index contributed by atoms with van der Waals surface area (Å²) in [6.07, 6.45) is 7.88. The largest absolute Gasteiger partial charge is 0.337 e. The fourth-order valence-corrected chi connectivity index (χ4v) is 3.62. The zero-order valence-corrected chi connectivity index (χ0v) is 15.5. The molecule has 26 heavy (non-hydrogen) atoms. The van der Waals surface area contributed by atoms with E-state index >= 15 is 0 Å². The van der Waals surface area contributed by atoms with E-state index < -0.39 is 6.03 Å². The molecule has 3 rings (SSSR count). The Bertz CT molecular complexity index is 820. The number of carbonyl (C=O) groups excluding carboxylic acids is 2.